The van der Waals surface area contributed by atoms with Crippen molar-refractivity contribution < 1.29 is 9.90 Å². The molecule has 1 amide bonds. The van der Waals surface area contributed by atoms with Crippen LogP contribution in [0.3, 0.4) is 0 Å². The molecule has 0 radical (unpaired) electrons. The van der Waals surface area contributed by atoms with Crippen LogP contribution in [-0.2, 0) is 4.79 Å². The molecule has 0 aromatic heterocycles. The molecule has 4 fully saturated rings. The Labute approximate surface area is 137 Å². The van der Waals surface area contributed by atoms with Gasteiger partial charge in [-0.3, -0.25) is 9.69 Å². The van der Waals surface area contributed by atoms with Crippen LogP contribution in [0.2, 0.25) is 0 Å². The van der Waals surface area contributed by atoms with Crippen LogP contribution in [0.1, 0.15) is 38.5 Å². The Morgan fingerprint density at radius 1 is 1.05 bits per heavy atom. The molecule has 2 aliphatic heterocycles. The fourth-order valence-corrected chi connectivity index (χ4v) is 6.30. The Morgan fingerprint density at radius 3 is 2.36 bits per heavy atom. The van der Waals surface area contributed by atoms with E-state index in [-0.39, 0.29) is 5.91 Å². The number of hydrogen-bond acceptors (Lipinski definition) is 4. The summed E-state index contributed by atoms with van der Waals surface area (Å²) in [6.45, 7) is 3.62. The fourth-order valence-electron chi connectivity index (χ4n) is 5.13. The van der Waals surface area contributed by atoms with Gasteiger partial charge in [0.05, 0.1) is 0 Å². The quantitative estimate of drug-likeness (QED) is 0.837. The van der Waals surface area contributed by atoms with Crippen LogP contribution < -0.4 is 0 Å². The second-order valence-electron chi connectivity index (χ2n) is 7.71. The third kappa shape index (κ3) is 2.69. The van der Waals surface area contributed by atoms with Gasteiger partial charge in [-0.25, -0.2) is 0 Å². The number of aliphatic hydroxyl groups is 1. The van der Waals surface area contributed by atoms with Crippen molar-refractivity contribution in [3.05, 3.63) is 0 Å². The number of fused-ring (bicyclic) bond motifs is 2. The summed E-state index contributed by atoms with van der Waals surface area (Å²) in [5.41, 5.74) is -1.07. The monoisotopic (exact) mass is 324 g/mol. The first-order valence-corrected chi connectivity index (χ1v) is 10.1. The van der Waals surface area contributed by atoms with Crippen molar-refractivity contribution >= 4 is 17.7 Å². The largest absolute Gasteiger partial charge is 0.380 e. The molecule has 3 unspecified atom stereocenters. The molecule has 1 N–H and O–H groups in total. The van der Waals surface area contributed by atoms with Gasteiger partial charge in [-0.05, 0) is 55.4 Å². The zero-order valence-electron chi connectivity index (χ0n) is 13.4. The molecule has 4 rings (SSSR count). The summed E-state index contributed by atoms with van der Waals surface area (Å²) in [5, 5.41) is 10.6. The van der Waals surface area contributed by atoms with Gasteiger partial charge in [0.25, 0.3) is 5.91 Å². The minimum absolute atomic E-state index is 0.000364. The molecule has 0 aromatic rings. The lowest BCUT2D eigenvalue weighted by atomic mass is 9.92. The number of amides is 1. The highest BCUT2D eigenvalue weighted by Gasteiger charge is 2.45. The Hall–Kier alpha value is -0.260. The van der Waals surface area contributed by atoms with Crippen LogP contribution in [0.5, 0.6) is 0 Å². The summed E-state index contributed by atoms with van der Waals surface area (Å²) in [4.78, 5) is 17.2. The summed E-state index contributed by atoms with van der Waals surface area (Å²) >= 11 is 1.85. The zero-order chi connectivity index (χ0) is 15.2. The second-order valence-corrected chi connectivity index (χ2v) is 8.94. The average Bonchev–Trinajstić information content (AvgIpc) is 3.18. The van der Waals surface area contributed by atoms with Gasteiger partial charge in [-0.15, -0.1) is 0 Å². The topological polar surface area (TPSA) is 43.8 Å². The first-order chi connectivity index (χ1) is 10.7. The van der Waals surface area contributed by atoms with Gasteiger partial charge in [0.2, 0.25) is 0 Å². The highest BCUT2D eigenvalue weighted by atomic mass is 32.2. The summed E-state index contributed by atoms with van der Waals surface area (Å²) < 4.78 is 0. The van der Waals surface area contributed by atoms with Gasteiger partial charge in [0.1, 0.15) is 5.60 Å². The minimum Gasteiger partial charge on any atom is -0.380 e. The normalized spacial score (nSPS) is 38.4. The van der Waals surface area contributed by atoms with E-state index in [0.29, 0.717) is 12.8 Å². The van der Waals surface area contributed by atoms with Crippen molar-refractivity contribution in [3.8, 4) is 0 Å². The number of carbonyl (C=O) groups excluding carboxylic acids is 1. The lowest BCUT2D eigenvalue weighted by Gasteiger charge is -2.43. The number of nitrogens with zero attached hydrogens (tertiary/aromatic N) is 2. The first kappa shape index (κ1) is 15.3. The molecule has 2 saturated carbocycles. The molecule has 2 saturated heterocycles. The van der Waals surface area contributed by atoms with E-state index in [0.717, 1.165) is 55.6 Å². The van der Waals surface area contributed by atoms with Gasteiger partial charge in [0.15, 0.2) is 0 Å². The van der Waals surface area contributed by atoms with E-state index in [1.54, 1.807) is 0 Å². The number of rotatable bonds is 2. The molecular formula is C17H28N2O2S. The van der Waals surface area contributed by atoms with Gasteiger partial charge in [-0.2, -0.15) is 11.8 Å². The summed E-state index contributed by atoms with van der Waals surface area (Å²) in [6, 6.07) is 0.783. The molecule has 22 heavy (non-hydrogen) atoms. The van der Waals surface area contributed by atoms with Crippen LogP contribution >= 0.6 is 11.8 Å². The summed E-state index contributed by atoms with van der Waals surface area (Å²) in [6.07, 6.45) is 6.96. The van der Waals surface area contributed by atoms with Gasteiger partial charge < -0.3 is 10.0 Å². The van der Waals surface area contributed by atoms with E-state index in [9.17, 15) is 9.90 Å². The molecule has 3 atom stereocenters. The smallest absolute Gasteiger partial charge is 0.254 e. The molecule has 4 nitrogen and oxygen atoms in total. The second kappa shape index (κ2) is 5.99. The van der Waals surface area contributed by atoms with Gasteiger partial charge in [-0.1, -0.05) is 6.42 Å². The fraction of sp³-hybridized carbons (Fsp3) is 0.941. The molecular weight excluding hydrogens is 296 g/mol. The molecule has 124 valence electrons. The predicted molar refractivity (Wildman–Crippen MR) is 88.9 cm³/mol. The van der Waals surface area contributed by atoms with E-state index in [2.05, 4.69) is 4.90 Å². The molecule has 2 aliphatic carbocycles. The van der Waals surface area contributed by atoms with Crippen molar-refractivity contribution in [2.75, 3.05) is 37.7 Å². The number of thioether (sulfide) groups is 1. The van der Waals surface area contributed by atoms with E-state index in [4.69, 9.17) is 0 Å². The Morgan fingerprint density at radius 2 is 1.77 bits per heavy atom. The van der Waals surface area contributed by atoms with Crippen LogP contribution in [-0.4, -0.2) is 70.1 Å². The molecule has 0 spiro atoms. The Kier molecular flexibility index (Phi) is 4.16. The van der Waals surface area contributed by atoms with E-state index in [1.807, 2.05) is 16.7 Å². The molecule has 2 heterocycles. The van der Waals surface area contributed by atoms with Crippen molar-refractivity contribution in [2.45, 2.75) is 50.2 Å². The van der Waals surface area contributed by atoms with E-state index >= 15 is 0 Å². The lowest BCUT2D eigenvalue weighted by Crippen LogP contribution is -2.58. The lowest BCUT2D eigenvalue weighted by molar-refractivity contribution is -0.154. The van der Waals surface area contributed by atoms with Crippen molar-refractivity contribution in [3.63, 3.8) is 0 Å². The van der Waals surface area contributed by atoms with Crippen molar-refractivity contribution in [1.82, 2.24) is 9.80 Å². The van der Waals surface area contributed by atoms with Crippen LogP contribution in [0.15, 0.2) is 0 Å². The number of carbonyl (C=O) groups is 1. The maximum atomic E-state index is 12.7. The molecule has 4 aliphatic rings. The first-order valence-electron chi connectivity index (χ1n) is 8.99. The van der Waals surface area contributed by atoms with Gasteiger partial charge >= 0.3 is 0 Å². The van der Waals surface area contributed by atoms with E-state index in [1.165, 1.54) is 25.7 Å². The third-order valence-corrected chi connectivity index (χ3v) is 7.47. The van der Waals surface area contributed by atoms with Crippen LogP contribution in [0, 0.1) is 11.8 Å². The highest BCUT2D eigenvalue weighted by molar-refractivity contribution is 7.99. The zero-order valence-corrected chi connectivity index (χ0v) is 14.2. The van der Waals surface area contributed by atoms with Crippen molar-refractivity contribution in [1.29, 1.82) is 0 Å². The van der Waals surface area contributed by atoms with Crippen molar-refractivity contribution in [2.24, 2.45) is 11.8 Å². The maximum Gasteiger partial charge on any atom is 0.254 e. The van der Waals surface area contributed by atoms with Crippen LogP contribution in [0.25, 0.3) is 0 Å². The Bertz CT molecular complexity index is 430. The minimum atomic E-state index is -1.07. The highest BCUT2D eigenvalue weighted by Crippen LogP contribution is 2.46. The maximum absolute atomic E-state index is 12.7. The number of piperazine rings is 1. The Balaban J connectivity index is 1.33. The molecule has 0 aromatic carbocycles. The standard InChI is InChI=1S/C17H28N2O2S/c20-16(17(21)3-9-22-10-4-17)19-7-5-18(6-8-19)15-12-13-1-2-14(15)11-13/h13-15,21H,1-12H2. The van der Waals surface area contributed by atoms with E-state index < -0.39 is 5.60 Å². The summed E-state index contributed by atoms with van der Waals surface area (Å²) in [7, 11) is 0. The number of hydrogen-bond donors (Lipinski definition) is 1. The summed E-state index contributed by atoms with van der Waals surface area (Å²) in [5.74, 6) is 3.73. The average molecular weight is 324 g/mol. The predicted octanol–water partition coefficient (Wildman–Crippen LogP) is 1.58. The van der Waals surface area contributed by atoms with Crippen LogP contribution in [0.4, 0.5) is 0 Å². The van der Waals surface area contributed by atoms with Gasteiger partial charge in [0, 0.05) is 32.2 Å². The third-order valence-electron chi connectivity index (χ3n) is 6.49. The SMILES string of the molecule is O=C(N1CCN(C2CC3CCC2C3)CC1)C1(O)CCSCC1. The molecule has 2 bridgehead atoms. The molecule has 5 heteroatoms.